The maximum Gasteiger partial charge on any atom is 0.352 e. The number of rotatable bonds is 8. The number of nitrogens with zero attached hydrogens (tertiary/aromatic N) is 2. The lowest BCUT2D eigenvalue weighted by atomic mass is 10.0. The minimum absolute atomic E-state index is 0.0130. The van der Waals surface area contributed by atoms with Crippen LogP contribution in [0, 0.1) is 0 Å². The van der Waals surface area contributed by atoms with E-state index in [4.69, 9.17) is 9.57 Å². The van der Waals surface area contributed by atoms with E-state index in [0.29, 0.717) is 11.1 Å². The lowest BCUT2D eigenvalue weighted by Gasteiger charge is -2.49. The largest absolute Gasteiger partial charge is 0.477 e. The first-order valence-corrected chi connectivity index (χ1v) is 10.5. The number of aliphatic carboxylic acids is 1. The van der Waals surface area contributed by atoms with Crippen LogP contribution in [0.2, 0.25) is 0 Å². The molecule has 0 bridgehead atoms. The van der Waals surface area contributed by atoms with Crippen LogP contribution in [-0.2, 0) is 28.8 Å². The van der Waals surface area contributed by atoms with Crippen LogP contribution in [0.25, 0.3) is 0 Å². The average molecular weight is 447 g/mol. The number of carbonyl (C=O) groups is 4. The summed E-state index contributed by atoms with van der Waals surface area (Å²) >= 11 is 1.28. The second kappa shape index (κ2) is 9.65. The van der Waals surface area contributed by atoms with Crippen molar-refractivity contribution in [1.82, 2.24) is 10.2 Å². The molecule has 0 unspecified atom stereocenters. The number of thioether (sulfide) groups is 1. The van der Waals surface area contributed by atoms with Crippen LogP contribution < -0.4 is 5.32 Å². The van der Waals surface area contributed by atoms with Crippen molar-refractivity contribution < 1.29 is 33.9 Å². The monoisotopic (exact) mass is 447 g/mol. The van der Waals surface area contributed by atoms with Crippen LogP contribution in [0.3, 0.4) is 0 Å². The van der Waals surface area contributed by atoms with Crippen LogP contribution in [0.5, 0.6) is 0 Å². The van der Waals surface area contributed by atoms with Crippen molar-refractivity contribution in [3.05, 3.63) is 47.2 Å². The molecule has 1 fully saturated rings. The number of hydrogen-bond donors (Lipinski definition) is 2. The van der Waals surface area contributed by atoms with Crippen LogP contribution in [0.15, 0.2) is 46.8 Å². The Bertz CT molecular complexity index is 961. The van der Waals surface area contributed by atoms with E-state index in [0.717, 1.165) is 4.90 Å². The maximum atomic E-state index is 12.8. The van der Waals surface area contributed by atoms with Gasteiger partial charge in [0.25, 0.3) is 11.8 Å². The van der Waals surface area contributed by atoms with Crippen LogP contribution >= 0.6 is 11.8 Å². The van der Waals surface area contributed by atoms with Crippen molar-refractivity contribution in [3.63, 3.8) is 0 Å². The first-order valence-electron chi connectivity index (χ1n) is 9.44. The first-order chi connectivity index (χ1) is 14.8. The minimum Gasteiger partial charge on any atom is -0.477 e. The number of carboxylic acid groups (broad SMARTS) is 1. The number of ether oxygens (including phenoxy) is 1. The Morgan fingerprint density at radius 2 is 2.00 bits per heavy atom. The van der Waals surface area contributed by atoms with Gasteiger partial charge in [0.2, 0.25) is 0 Å². The molecule has 2 atom stereocenters. The minimum atomic E-state index is -1.30. The molecule has 164 valence electrons. The molecule has 2 amide bonds. The molecule has 11 heteroatoms. The number of β-lactam (4-membered cyclic amide) rings is 1. The molecule has 0 aromatic heterocycles. The van der Waals surface area contributed by atoms with E-state index in [1.165, 1.54) is 18.7 Å². The highest BCUT2D eigenvalue weighted by Crippen LogP contribution is 2.40. The van der Waals surface area contributed by atoms with E-state index < -0.39 is 35.2 Å². The van der Waals surface area contributed by atoms with Gasteiger partial charge < -0.3 is 20.0 Å². The number of benzene rings is 1. The summed E-state index contributed by atoms with van der Waals surface area (Å²) in [6.45, 7) is 2.99. The summed E-state index contributed by atoms with van der Waals surface area (Å²) in [4.78, 5) is 54.6. The Kier molecular flexibility index (Phi) is 6.95. The molecule has 0 spiro atoms. The van der Waals surface area contributed by atoms with Gasteiger partial charge in [0.1, 0.15) is 30.3 Å². The predicted octanol–water partition coefficient (Wildman–Crippen LogP) is 0.729. The second-order valence-electron chi connectivity index (χ2n) is 6.62. The van der Waals surface area contributed by atoms with Gasteiger partial charge in [-0.1, -0.05) is 35.5 Å². The Morgan fingerprint density at radius 3 is 2.61 bits per heavy atom. The van der Waals surface area contributed by atoms with E-state index in [2.05, 4.69) is 10.5 Å². The lowest BCUT2D eigenvalue weighted by Crippen LogP contribution is -2.71. The van der Waals surface area contributed by atoms with E-state index in [9.17, 15) is 24.3 Å². The molecule has 10 nitrogen and oxygen atoms in total. The molecule has 2 aliphatic heterocycles. The van der Waals surface area contributed by atoms with Gasteiger partial charge >= 0.3 is 11.9 Å². The van der Waals surface area contributed by atoms with Crippen LogP contribution in [-0.4, -0.2) is 69.9 Å². The van der Waals surface area contributed by atoms with E-state index in [-0.39, 0.29) is 30.4 Å². The Hall–Kier alpha value is -3.34. The molecule has 3 rings (SSSR count). The van der Waals surface area contributed by atoms with E-state index in [1.807, 2.05) is 0 Å². The van der Waals surface area contributed by atoms with Gasteiger partial charge in [0.05, 0.1) is 0 Å². The summed E-state index contributed by atoms with van der Waals surface area (Å²) in [5.74, 6) is -2.77. The normalized spacial score (nSPS) is 20.5. The van der Waals surface area contributed by atoms with Crippen molar-refractivity contribution in [1.29, 1.82) is 0 Å². The number of oxime groups is 1. The van der Waals surface area contributed by atoms with Gasteiger partial charge in [-0.05, 0) is 6.92 Å². The number of carbonyl (C=O) groups excluding carboxylic acids is 3. The molecule has 31 heavy (non-hydrogen) atoms. The van der Waals surface area contributed by atoms with Crippen LogP contribution in [0.1, 0.15) is 19.4 Å². The molecule has 1 aromatic carbocycles. The Balaban J connectivity index is 1.78. The number of fused-ring (bicyclic) bond motifs is 1. The van der Waals surface area contributed by atoms with Crippen molar-refractivity contribution in [2.75, 3.05) is 19.0 Å². The molecule has 2 aliphatic rings. The molecule has 0 aliphatic carbocycles. The molecule has 2 heterocycles. The molecule has 1 saturated heterocycles. The molecule has 0 radical (unpaired) electrons. The van der Waals surface area contributed by atoms with Crippen molar-refractivity contribution in [3.8, 4) is 0 Å². The molecule has 1 aromatic rings. The number of hydrogen-bond acceptors (Lipinski definition) is 8. The zero-order valence-corrected chi connectivity index (χ0v) is 17.7. The lowest BCUT2D eigenvalue weighted by molar-refractivity contribution is -0.150. The summed E-state index contributed by atoms with van der Waals surface area (Å²) in [6, 6.07) is 7.73. The quantitative estimate of drug-likeness (QED) is 0.258. The zero-order valence-electron chi connectivity index (χ0n) is 16.9. The Labute approximate surface area is 182 Å². The average Bonchev–Trinajstić information content (AvgIpc) is 2.76. The maximum absolute atomic E-state index is 12.8. The highest BCUT2D eigenvalue weighted by Gasteiger charge is 2.54. The highest BCUT2D eigenvalue weighted by atomic mass is 32.2. The topological polar surface area (TPSA) is 135 Å². The fourth-order valence-electron chi connectivity index (χ4n) is 3.14. The number of nitrogens with one attached hydrogen (secondary N) is 1. The zero-order chi connectivity index (χ0) is 22.5. The number of amides is 2. The van der Waals surface area contributed by atoms with Crippen molar-refractivity contribution in [2.24, 2.45) is 5.16 Å². The van der Waals surface area contributed by atoms with E-state index in [1.54, 1.807) is 37.3 Å². The standard InChI is InChI=1S/C20H21N3O7S/c1-3-30-22-14(12-7-5-4-6-8-12)17(25)21-15-18(26)23-16(20(27)28)13(9-29-11(2)24)10-31-19(15)23/h4-8,15,19H,3,9-10H2,1-2H3,(H,21,25)(H,27,28)/t15-,19-/m1/s1. The predicted molar refractivity (Wildman–Crippen MR) is 111 cm³/mol. The summed E-state index contributed by atoms with van der Waals surface area (Å²) in [5.41, 5.74) is 0.638. The van der Waals surface area contributed by atoms with Crippen molar-refractivity contribution >= 4 is 41.2 Å². The summed E-state index contributed by atoms with van der Waals surface area (Å²) in [7, 11) is 0. The van der Waals surface area contributed by atoms with Gasteiger partial charge in [0.15, 0.2) is 5.71 Å². The fraction of sp³-hybridized carbons (Fsp3) is 0.350. The first kappa shape index (κ1) is 22.3. The fourth-order valence-corrected chi connectivity index (χ4v) is 4.47. The van der Waals surface area contributed by atoms with Crippen molar-refractivity contribution in [2.45, 2.75) is 25.3 Å². The van der Waals surface area contributed by atoms with Crippen LogP contribution in [0.4, 0.5) is 0 Å². The Morgan fingerprint density at radius 1 is 1.29 bits per heavy atom. The molecular weight excluding hydrogens is 426 g/mol. The van der Waals surface area contributed by atoms with Gasteiger partial charge in [-0.15, -0.1) is 11.8 Å². The third kappa shape index (κ3) is 4.71. The van der Waals surface area contributed by atoms with E-state index >= 15 is 0 Å². The summed E-state index contributed by atoms with van der Waals surface area (Å²) in [5, 5.41) is 15.5. The number of esters is 1. The van der Waals surface area contributed by atoms with Gasteiger partial charge in [0, 0.05) is 23.8 Å². The molecule has 0 saturated carbocycles. The molecular formula is C20H21N3O7S. The third-order valence-electron chi connectivity index (χ3n) is 4.53. The van der Waals surface area contributed by atoms with Gasteiger partial charge in [-0.2, -0.15) is 0 Å². The van der Waals surface area contributed by atoms with Gasteiger partial charge in [-0.3, -0.25) is 19.3 Å². The molecule has 2 N–H and O–H groups in total. The summed E-state index contributed by atoms with van der Waals surface area (Å²) in [6.07, 6.45) is 0. The van der Waals surface area contributed by atoms with Gasteiger partial charge in [-0.25, -0.2) is 4.79 Å². The highest BCUT2D eigenvalue weighted by molar-refractivity contribution is 8.00. The second-order valence-corrected chi connectivity index (χ2v) is 7.73. The smallest absolute Gasteiger partial charge is 0.352 e. The SMILES string of the molecule is CCON=C(C(=O)N[C@@H]1C(=O)N2C(C(=O)O)=C(COC(C)=O)CS[C@H]12)c1ccccc1. The number of carboxylic acids is 1. The summed E-state index contributed by atoms with van der Waals surface area (Å²) < 4.78 is 4.90. The third-order valence-corrected chi connectivity index (χ3v) is 5.87.